The van der Waals surface area contributed by atoms with Gasteiger partial charge < -0.3 is 5.32 Å². The molecule has 0 aromatic heterocycles. The van der Waals surface area contributed by atoms with Gasteiger partial charge in [0.15, 0.2) is 0 Å². The number of carbonyl (C=O) groups excluding carboxylic acids is 1. The van der Waals surface area contributed by atoms with Gasteiger partial charge in [-0.25, -0.2) is 0 Å². The molecule has 0 aliphatic heterocycles. The predicted octanol–water partition coefficient (Wildman–Crippen LogP) is 2.87. The third kappa shape index (κ3) is 2.21. The first-order chi connectivity index (χ1) is 8.40. The third-order valence-electron chi connectivity index (χ3n) is 3.26. The second kappa shape index (κ2) is 4.30. The van der Waals surface area contributed by atoms with Crippen LogP contribution < -0.4 is 5.32 Å². The Morgan fingerprint density at radius 2 is 2.06 bits per heavy atom. The molecular formula is C13H14F3NO. The minimum Gasteiger partial charge on any atom is -0.356 e. The van der Waals surface area contributed by atoms with E-state index in [1.807, 2.05) is 0 Å². The van der Waals surface area contributed by atoms with Gasteiger partial charge in [0.2, 0.25) is 5.91 Å². The molecule has 1 aromatic carbocycles. The van der Waals surface area contributed by atoms with E-state index in [1.165, 1.54) is 6.07 Å². The summed E-state index contributed by atoms with van der Waals surface area (Å²) in [5.41, 5.74) is -0.976. The van der Waals surface area contributed by atoms with Crippen LogP contribution in [0.25, 0.3) is 0 Å². The maximum atomic E-state index is 12.6. The monoisotopic (exact) mass is 257 g/mol. The molecule has 0 heterocycles. The van der Waals surface area contributed by atoms with Gasteiger partial charge in [0, 0.05) is 6.54 Å². The van der Waals surface area contributed by atoms with Gasteiger partial charge in [0.1, 0.15) is 0 Å². The Bertz CT molecular complexity index is 464. The molecule has 1 saturated carbocycles. The lowest BCUT2D eigenvalue weighted by Crippen LogP contribution is -2.34. The molecule has 18 heavy (non-hydrogen) atoms. The van der Waals surface area contributed by atoms with E-state index >= 15 is 0 Å². The first-order valence-electron chi connectivity index (χ1n) is 5.86. The zero-order valence-electron chi connectivity index (χ0n) is 9.97. The quantitative estimate of drug-likeness (QED) is 0.886. The molecule has 1 aliphatic carbocycles. The van der Waals surface area contributed by atoms with Crippen LogP contribution in [0.3, 0.4) is 0 Å². The van der Waals surface area contributed by atoms with Crippen LogP contribution in [-0.4, -0.2) is 12.5 Å². The Morgan fingerprint density at radius 3 is 2.56 bits per heavy atom. The number of benzene rings is 1. The Kier molecular flexibility index (Phi) is 3.09. The average molecular weight is 257 g/mol. The van der Waals surface area contributed by atoms with Gasteiger partial charge in [-0.15, -0.1) is 0 Å². The molecule has 98 valence electrons. The van der Waals surface area contributed by atoms with Gasteiger partial charge in [-0.2, -0.15) is 13.2 Å². The van der Waals surface area contributed by atoms with Crippen molar-refractivity contribution in [3.8, 4) is 0 Å². The molecular weight excluding hydrogens is 243 g/mol. The van der Waals surface area contributed by atoms with Crippen molar-refractivity contribution >= 4 is 5.91 Å². The standard InChI is InChI=1S/C13H14F3NO/c1-2-17-11(18)12(6-7-12)9-4-3-5-10(8-9)13(14,15)16/h3-5,8H,2,6-7H2,1H3,(H,17,18). The zero-order valence-corrected chi connectivity index (χ0v) is 9.97. The molecule has 0 spiro atoms. The maximum absolute atomic E-state index is 12.6. The highest BCUT2D eigenvalue weighted by atomic mass is 19.4. The van der Waals surface area contributed by atoms with Crippen molar-refractivity contribution in [1.29, 1.82) is 0 Å². The second-order valence-electron chi connectivity index (χ2n) is 4.52. The highest BCUT2D eigenvalue weighted by Gasteiger charge is 2.51. The molecule has 1 amide bonds. The number of carbonyl (C=O) groups is 1. The minimum atomic E-state index is -4.37. The van der Waals surface area contributed by atoms with Gasteiger partial charge in [0.25, 0.3) is 0 Å². The van der Waals surface area contributed by atoms with Crippen LogP contribution in [-0.2, 0) is 16.4 Å². The second-order valence-corrected chi connectivity index (χ2v) is 4.52. The Hall–Kier alpha value is -1.52. The van der Waals surface area contributed by atoms with Crippen molar-refractivity contribution in [3.63, 3.8) is 0 Å². The van der Waals surface area contributed by atoms with Crippen LogP contribution in [0.5, 0.6) is 0 Å². The van der Waals surface area contributed by atoms with E-state index in [0.29, 0.717) is 24.9 Å². The fourth-order valence-corrected chi connectivity index (χ4v) is 2.09. The summed E-state index contributed by atoms with van der Waals surface area (Å²) in [6.45, 7) is 2.28. The van der Waals surface area contributed by atoms with Crippen molar-refractivity contribution < 1.29 is 18.0 Å². The van der Waals surface area contributed by atoms with Crippen molar-refractivity contribution in [1.82, 2.24) is 5.32 Å². The molecule has 1 aromatic rings. The number of halogens is 3. The van der Waals surface area contributed by atoms with Crippen LogP contribution in [0.4, 0.5) is 13.2 Å². The fourth-order valence-electron chi connectivity index (χ4n) is 2.09. The molecule has 0 unspecified atom stereocenters. The van der Waals surface area contributed by atoms with Crippen molar-refractivity contribution in [2.75, 3.05) is 6.54 Å². The summed E-state index contributed by atoms with van der Waals surface area (Å²) in [7, 11) is 0. The van der Waals surface area contributed by atoms with Crippen LogP contribution in [0.15, 0.2) is 24.3 Å². The van der Waals surface area contributed by atoms with Gasteiger partial charge in [-0.1, -0.05) is 18.2 Å². The number of likely N-dealkylation sites (N-methyl/N-ethyl adjacent to an activating group) is 1. The van der Waals surface area contributed by atoms with E-state index in [0.717, 1.165) is 12.1 Å². The lowest BCUT2D eigenvalue weighted by atomic mass is 9.93. The summed E-state index contributed by atoms with van der Waals surface area (Å²) < 4.78 is 37.9. The molecule has 5 heteroatoms. The van der Waals surface area contributed by atoms with Crippen molar-refractivity contribution in [2.45, 2.75) is 31.4 Å². The van der Waals surface area contributed by atoms with E-state index in [1.54, 1.807) is 13.0 Å². The molecule has 0 atom stereocenters. The molecule has 0 bridgehead atoms. The molecule has 1 N–H and O–H groups in total. The van der Waals surface area contributed by atoms with Crippen LogP contribution >= 0.6 is 0 Å². The largest absolute Gasteiger partial charge is 0.416 e. The summed E-state index contributed by atoms with van der Waals surface area (Å²) in [5, 5.41) is 2.68. The average Bonchev–Trinajstić information content (AvgIpc) is 3.09. The van der Waals surface area contributed by atoms with E-state index < -0.39 is 17.2 Å². The number of amides is 1. The van der Waals surface area contributed by atoms with E-state index in [4.69, 9.17) is 0 Å². The predicted molar refractivity (Wildman–Crippen MR) is 61.0 cm³/mol. The Labute approximate surface area is 103 Å². The smallest absolute Gasteiger partial charge is 0.356 e. The van der Waals surface area contributed by atoms with Gasteiger partial charge >= 0.3 is 6.18 Å². The van der Waals surface area contributed by atoms with Gasteiger partial charge in [0.05, 0.1) is 11.0 Å². The number of rotatable bonds is 3. The first-order valence-corrected chi connectivity index (χ1v) is 5.86. The van der Waals surface area contributed by atoms with Crippen molar-refractivity contribution in [3.05, 3.63) is 35.4 Å². The number of hydrogen-bond donors (Lipinski definition) is 1. The SMILES string of the molecule is CCNC(=O)C1(c2cccc(C(F)(F)F)c2)CC1. The lowest BCUT2D eigenvalue weighted by Gasteiger charge is -2.16. The van der Waals surface area contributed by atoms with Crippen LogP contribution in [0.1, 0.15) is 30.9 Å². The number of hydrogen-bond acceptors (Lipinski definition) is 1. The number of alkyl halides is 3. The normalized spacial score (nSPS) is 17.3. The highest BCUT2D eigenvalue weighted by molar-refractivity contribution is 5.91. The Morgan fingerprint density at radius 1 is 1.39 bits per heavy atom. The highest BCUT2D eigenvalue weighted by Crippen LogP contribution is 2.49. The zero-order chi connectivity index (χ0) is 13.4. The van der Waals surface area contributed by atoms with Crippen LogP contribution in [0, 0.1) is 0 Å². The molecule has 1 aliphatic rings. The van der Waals surface area contributed by atoms with E-state index in [9.17, 15) is 18.0 Å². The summed E-state index contributed by atoms with van der Waals surface area (Å²) >= 11 is 0. The van der Waals surface area contributed by atoms with Crippen LogP contribution in [0.2, 0.25) is 0 Å². The van der Waals surface area contributed by atoms with E-state index in [-0.39, 0.29) is 5.91 Å². The maximum Gasteiger partial charge on any atom is 0.416 e. The topological polar surface area (TPSA) is 29.1 Å². The summed E-state index contributed by atoms with van der Waals surface area (Å²) in [6, 6.07) is 5.06. The van der Waals surface area contributed by atoms with Gasteiger partial charge in [-0.3, -0.25) is 4.79 Å². The summed E-state index contributed by atoms with van der Waals surface area (Å²) in [5.74, 6) is -0.177. The minimum absolute atomic E-state index is 0.177. The van der Waals surface area contributed by atoms with Gasteiger partial charge in [-0.05, 0) is 31.4 Å². The molecule has 2 rings (SSSR count). The molecule has 0 radical (unpaired) electrons. The summed E-state index contributed by atoms with van der Waals surface area (Å²) in [6.07, 6.45) is -3.15. The molecule has 1 fully saturated rings. The Balaban J connectivity index is 2.32. The van der Waals surface area contributed by atoms with Crippen molar-refractivity contribution in [2.24, 2.45) is 0 Å². The fraction of sp³-hybridized carbons (Fsp3) is 0.462. The van der Waals surface area contributed by atoms with E-state index in [2.05, 4.69) is 5.32 Å². The lowest BCUT2D eigenvalue weighted by molar-refractivity contribution is -0.137. The third-order valence-corrected chi connectivity index (χ3v) is 3.26. The number of nitrogens with one attached hydrogen (secondary N) is 1. The first kappa shape index (κ1) is 12.9. The molecule has 0 saturated heterocycles. The summed E-state index contributed by atoms with van der Waals surface area (Å²) in [4.78, 5) is 11.9. The molecule has 2 nitrogen and oxygen atoms in total.